The number of anilines is 1. The molecule has 84 valence electrons. The van der Waals surface area contributed by atoms with Crippen LogP contribution in [0, 0.1) is 6.92 Å². The van der Waals surface area contributed by atoms with Crippen molar-refractivity contribution in [1.82, 2.24) is 20.1 Å². The number of hydrogen-bond donors (Lipinski definition) is 2. The predicted molar refractivity (Wildman–Crippen MR) is 56.1 cm³/mol. The van der Waals surface area contributed by atoms with Gasteiger partial charge in [-0.15, -0.1) is 0 Å². The molecule has 0 aliphatic heterocycles. The van der Waals surface area contributed by atoms with E-state index in [2.05, 4.69) is 25.4 Å². The van der Waals surface area contributed by atoms with Gasteiger partial charge in [-0.25, -0.2) is 4.98 Å². The quantitative estimate of drug-likeness (QED) is 0.760. The smallest absolute Gasteiger partial charge is 0.252 e. The van der Waals surface area contributed by atoms with Crippen LogP contribution in [0.5, 0.6) is 0 Å². The normalized spacial score (nSPS) is 10.3. The van der Waals surface area contributed by atoms with Gasteiger partial charge in [0.1, 0.15) is 11.6 Å². The standard InChI is InChI=1S/C9H11N5O2/c1-6-13-7(4-8(15)14-6)10-3-2-9-11-5-12-16-9/h4-5H,2-3H2,1H3,(H2,10,13,14,15). The van der Waals surface area contributed by atoms with E-state index in [-0.39, 0.29) is 5.56 Å². The maximum absolute atomic E-state index is 11.1. The molecule has 2 rings (SSSR count). The van der Waals surface area contributed by atoms with Crippen molar-refractivity contribution >= 4 is 5.82 Å². The molecule has 16 heavy (non-hydrogen) atoms. The molecule has 0 saturated carbocycles. The lowest BCUT2D eigenvalue weighted by Crippen LogP contribution is -2.13. The molecule has 0 aliphatic carbocycles. The van der Waals surface area contributed by atoms with Crippen molar-refractivity contribution in [2.75, 3.05) is 11.9 Å². The first-order valence-corrected chi connectivity index (χ1v) is 4.81. The largest absolute Gasteiger partial charge is 0.369 e. The zero-order chi connectivity index (χ0) is 11.4. The van der Waals surface area contributed by atoms with Crippen LogP contribution in [0.2, 0.25) is 0 Å². The molecule has 0 saturated heterocycles. The van der Waals surface area contributed by atoms with Crippen LogP contribution in [0.15, 0.2) is 21.7 Å². The van der Waals surface area contributed by atoms with Crippen LogP contribution in [-0.4, -0.2) is 26.7 Å². The number of nitrogens with zero attached hydrogens (tertiary/aromatic N) is 3. The molecule has 2 aromatic rings. The highest BCUT2D eigenvalue weighted by Crippen LogP contribution is 1.99. The van der Waals surface area contributed by atoms with E-state index in [1.807, 2.05) is 0 Å². The molecule has 7 heteroatoms. The average molecular weight is 221 g/mol. The van der Waals surface area contributed by atoms with Gasteiger partial charge >= 0.3 is 0 Å². The summed E-state index contributed by atoms with van der Waals surface area (Å²) in [6.45, 7) is 2.31. The summed E-state index contributed by atoms with van der Waals surface area (Å²) in [6.07, 6.45) is 1.94. The van der Waals surface area contributed by atoms with E-state index in [1.54, 1.807) is 6.92 Å². The van der Waals surface area contributed by atoms with E-state index in [1.165, 1.54) is 12.4 Å². The summed E-state index contributed by atoms with van der Waals surface area (Å²) < 4.78 is 4.83. The second kappa shape index (κ2) is 4.56. The van der Waals surface area contributed by atoms with Gasteiger partial charge in [0.15, 0.2) is 6.33 Å². The molecule has 0 aromatic carbocycles. The molecule has 0 spiro atoms. The number of hydrogen-bond acceptors (Lipinski definition) is 6. The minimum absolute atomic E-state index is 0.173. The van der Waals surface area contributed by atoms with E-state index in [4.69, 9.17) is 4.52 Å². The highest BCUT2D eigenvalue weighted by molar-refractivity contribution is 5.32. The molecular formula is C9H11N5O2. The van der Waals surface area contributed by atoms with Gasteiger partial charge in [-0.1, -0.05) is 5.16 Å². The third kappa shape index (κ3) is 2.66. The number of aromatic nitrogens is 4. The number of H-pyrrole nitrogens is 1. The van der Waals surface area contributed by atoms with Crippen LogP contribution in [0.3, 0.4) is 0 Å². The Kier molecular flexibility index (Phi) is 2.95. The SMILES string of the molecule is Cc1nc(NCCc2ncno2)cc(=O)[nH]1. The molecule has 0 aliphatic rings. The van der Waals surface area contributed by atoms with Gasteiger partial charge in [-0.2, -0.15) is 4.98 Å². The molecule has 2 aromatic heterocycles. The van der Waals surface area contributed by atoms with Crippen molar-refractivity contribution in [3.63, 3.8) is 0 Å². The number of rotatable bonds is 4. The molecule has 0 radical (unpaired) electrons. The Morgan fingerprint density at radius 3 is 3.12 bits per heavy atom. The molecule has 0 bridgehead atoms. The summed E-state index contributed by atoms with van der Waals surface area (Å²) in [5.74, 6) is 1.67. The lowest BCUT2D eigenvalue weighted by Gasteiger charge is -2.03. The van der Waals surface area contributed by atoms with Crippen molar-refractivity contribution in [2.24, 2.45) is 0 Å². The van der Waals surface area contributed by atoms with E-state index in [9.17, 15) is 4.79 Å². The topological polar surface area (TPSA) is 96.7 Å². The fraction of sp³-hybridized carbons (Fsp3) is 0.333. The van der Waals surface area contributed by atoms with Crippen LogP contribution in [0.1, 0.15) is 11.7 Å². The maximum atomic E-state index is 11.1. The molecule has 7 nitrogen and oxygen atoms in total. The zero-order valence-corrected chi connectivity index (χ0v) is 8.73. The van der Waals surface area contributed by atoms with Crippen molar-refractivity contribution in [1.29, 1.82) is 0 Å². The van der Waals surface area contributed by atoms with Crippen molar-refractivity contribution in [3.8, 4) is 0 Å². The first-order valence-electron chi connectivity index (χ1n) is 4.81. The summed E-state index contributed by atoms with van der Waals surface area (Å²) in [5, 5.41) is 6.50. The molecule has 0 atom stereocenters. The second-order valence-corrected chi connectivity index (χ2v) is 3.23. The highest BCUT2D eigenvalue weighted by Gasteiger charge is 2.00. The second-order valence-electron chi connectivity index (χ2n) is 3.23. The van der Waals surface area contributed by atoms with Crippen molar-refractivity contribution < 1.29 is 4.52 Å². The molecule has 2 heterocycles. The third-order valence-electron chi connectivity index (χ3n) is 1.91. The first-order chi connectivity index (χ1) is 7.74. The van der Waals surface area contributed by atoms with Crippen molar-refractivity contribution in [3.05, 3.63) is 34.5 Å². The Bertz CT molecular complexity index is 505. The van der Waals surface area contributed by atoms with Crippen LogP contribution in [0.25, 0.3) is 0 Å². The Morgan fingerprint density at radius 2 is 2.44 bits per heavy atom. The number of aromatic amines is 1. The lowest BCUT2D eigenvalue weighted by molar-refractivity contribution is 0.379. The Balaban J connectivity index is 1.92. The molecule has 0 amide bonds. The minimum atomic E-state index is -0.173. The predicted octanol–water partition coefficient (Wildman–Crippen LogP) is 0.116. The molecule has 2 N–H and O–H groups in total. The van der Waals surface area contributed by atoms with Crippen LogP contribution >= 0.6 is 0 Å². The zero-order valence-electron chi connectivity index (χ0n) is 8.73. The van der Waals surface area contributed by atoms with Crippen LogP contribution in [-0.2, 0) is 6.42 Å². The summed E-state index contributed by atoms with van der Waals surface area (Å²) in [6, 6.07) is 1.40. The summed E-state index contributed by atoms with van der Waals surface area (Å²) in [4.78, 5) is 21.7. The summed E-state index contributed by atoms with van der Waals surface area (Å²) in [7, 11) is 0. The van der Waals surface area contributed by atoms with Gasteiger partial charge in [0.25, 0.3) is 5.56 Å². The first kappa shape index (κ1) is 10.3. The van der Waals surface area contributed by atoms with E-state index in [0.717, 1.165) is 0 Å². The maximum Gasteiger partial charge on any atom is 0.252 e. The van der Waals surface area contributed by atoms with Crippen molar-refractivity contribution in [2.45, 2.75) is 13.3 Å². The summed E-state index contributed by atoms with van der Waals surface area (Å²) >= 11 is 0. The van der Waals surface area contributed by atoms with Gasteiger partial charge in [0.2, 0.25) is 5.89 Å². The highest BCUT2D eigenvalue weighted by atomic mass is 16.5. The monoisotopic (exact) mass is 221 g/mol. The Hall–Kier alpha value is -2.18. The Morgan fingerprint density at radius 1 is 1.56 bits per heavy atom. The minimum Gasteiger partial charge on any atom is -0.369 e. The molecular weight excluding hydrogens is 210 g/mol. The van der Waals surface area contributed by atoms with Gasteiger partial charge in [-0.3, -0.25) is 4.79 Å². The lowest BCUT2D eigenvalue weighted by atomic mass is 10.4. The molecule has 0 fully saturated rings. The van der Waals surface area contributed by atoms with E-state index < -0.39 is 0 Å². The van der Waals surface area contributed by atoms with Gasteiger partial charge < -0.3 is 14.8 Å². The fourth-order valence-corrected chi connectivity index (χ4v) is 1.27. The van der Waals surface area contributed by atoms with E-state index in [0.29, 0.717) is 30.5 Å². The van der Waals surface area contributed by atoms with Gasteiger partial charge in [-0.05, 0) is 6.92 Å². The third-order valence-corrected chi connectivity index (χ3v) is 1.91. The van der Waals surface area contributed by atoms with Crippen LogP contribution in [0.4, 0.5) is 5.82 Å². The van der Waals surface area contributed by atoms with Gasteiger partial charge in [0.05, 0.1) is 0 Å². The van der Waals surface area contributed by atoms with Crippen LogP contribution < -0.4 is 10.9 Å². The fourth-order valence-electron chi connectivity index (χ4n) is 1.27. The number of nitrogens with one attached hydrogen (secondary N) is 2. The van der Waals surface area contributed by atoms with Gasteiger partial charge in [0, 0.05) is 19.0 Å². The van der Waals surface area contributed by atoms with E-state index >= 15 is 0 Å². The Labute approximate surface area is 90.9 Å². The molecule has 0 unspecified atom stereocenters. The summed E-state index contributed by atoms with van der Waals surface area (Å²) in [5.41, 5.74) is -0.173. The average Bonchev–Trinajstić information content (AvgIpc) is 2.69. The number of aryl methyl sites for hydroxylation is 1.